The Morgan fingerprint density at radius 2 is 1.81 bits per heavy atom. The van der Waals surface area contributed by atoms with E-state index in [0.29, 0.717) is 0 Å². The predicted octanol–water partition coefficient (Wildman–Crippen LogP) is 2.21. The van der Waals surface area contributed by atoms with E-state index in [1.165, 1.54) is 6.07 Å². The Balaban J connectivity index is 1.69. The lowest BCUT2D eigenvalue weighted by Gasteiger charge is -2.15. The number of hydrogen-bond donors (Lipinski definition) is 2. The van der Waals surface area contributed by atoms with E-state index in [1.54, 1.807) is 6.92 Å². The number of amides is 2. The number of ether oxygens (including phenoxy) is 1. The summed E-state index contributed by atoms with van der Waals surface area (Å²) in [4.78, 5) is 23.6. The van der Waals surface area contributed by atoms with E-state index in [1.807, 2.05) is 30.3 Å². The minimum Gasteiger partial charge on any atom is -0.488 e. The Morgan fingerprint density at radius 1 is 1.08 bits per heavy atom. The first kappa shape index (κ1) is 19.4. The van der Waals surface area contributed by atoms with Crippen LogP contribution in [0.5, 0.6) is 5.75 Å². The van der Waals surface area contributed by atoms with Gasteiger partial charge in [-0.25, -0.2) is 8.78 Å². The molecular formula is C19H20F2N2O3. The summed E-state index contributed by atoms with van der Waals surface area (Å²) in [5.41, 5.74) is 0.855. The summed E-state index contributed by atoms with van der Waals surface area (Å²) < 4.78 is 31.5. The van der Waals surface area contributed by atoms with Crippen LogP contribution in [0, 0.1) is 11.6 Å². The van der Waals surface area contributed by atoms with Crippen molar-refractivity contribution in [2.45, 2.75) is 19.4 Å². The maximum absolute atomic E-state index is 13.5. The molecule has 0 heterocycles. The van der Waals surface area contributed by atoms with Crippen LogP contribution in [0.1, 0.15) is 12.5 Å². The molecule has 2 amide bonds. The van der Waals surface area contributed by atoms with Crippen LogP contribution in [-0.2, 0) is 16.0 Å². The van der Waals surface area contributed by atoms with E-state index in [2.05, 4.69) is 10.6 Å². The Kier molecular flexibility index (Phi) is 7.08. The van der Waals surface area contributed by atoms with Gasteiger partial charge < -0.3 is 15.4 Å². The van der Waals surface area contributed by atoms with Gasteiger partial charge in [-0.05, 0) is 24.6 Å². The largest absolute Gasteiger partial charge is 0.488 e. The third kappa shape index (κ3) is 6.51. The molecule has 0 aliphatic carbocycles. The van der Waals surface area contributed by atoms with Crippen LogP contribution in [0.2, 0.25) is 0 Å². The topological polar surface area (TPSA) is 67.4 Å². The van der Waals surface area contributed by atoms with Crippen molar-refractivity contribution in [2.75, 3.05) is 13.2 Å². The van der Waals surface area contributed by atoms with Crippen molar-refractivity contribution in [1.29, 1.82) is 0 Å². The van der Waals surface area contributed by atoms with Gasteiger partial charge in [-0.1, -0.05) is 30.3 Å². The zero-order chi connectivity index (χ0) is 18.9. The van der Waals surface area contributed by atoms with Crippen LogP contribution in [0.25, 0.3) is 0 Å². The van der Waals surface area contributed by atoms with Crippen LogP contribution in [0.4, 0.5) is 8.78 Å². The zero-order valence-corrected chi connectivity index (χ0v) is 14.3. The summed E-state index contributed by atoms with van der Waals surface area (Å²) in [6.45, 7) is 1.51. The molecular weight excluding hydrogens is 342 g/mol. The van der Waals surface area contributed by atoms with Gasteiger partial charge in [-0.15, -0.1) is 0 Å². The average Bonchev–Trinajstić information content (AvgIpc) is 2.60. The second-order valence-electron chi connectivity index (χ2n) is 5.79. The highest BCUT2D eigenvalue weighted by atomic mass is 19.1. The maximum Gasteiger partial charge on any atom is 0.239 e. The Hall–Kier alpha value is -2.96. The lowest BCUT2D eigenvalue weighted by molar-refractivity contribution is -0.126. The van der Waals surface area contributed by atoms with Crippen molar-refractivity contribution < 1.29 is 23.1 Å². The van der Waals surface area contributed by atoms with Gasteiger partial charge in [0.2, 0.25) is 11.8 Å². The van der Waals surface area contributed by atoms with Crippen molar-refractivity contribution >= 4 is 11.8 Å². The van der Waals surface area contributed by atoms with Gasteiger partial charge in [0.1, 0.15) is 12.4 Å². The van der Waals surface area contributed by atoms with E-state index < -0.39 is 17.7 Å². The quantitative estimate of drug-likeness (QED) is 0.757. The molecule has 0 saturated heterocycles. The van der Waals surface area contributed by atoms with E-state index in [9.17, 15) is 18.4 Å². The summed E-state index contributed by atoms with van der Waals surface area (Å²) in [7, 11) is 0. The SMILES string of the molecule is C[C@@H](COc1ccc(F)cc1F)NC(=O)CNC(=O)Cc1ccccc1. The molecule has 0 aliphatic rings. The van der Waals surface area contributed by atoms with Crippen molar-refractivity contribution in [3.05, 3.63) is 65.7 Å². The molecule has 2 aromatic carbocycles. The lowest BCUT2D eigenvalue weighted by atomic mass is 10.1. The standard InChI is InChI=1S/C19H20F2N2O3/c1-13(12-26-17-8-7-15(20)10-16(17)21)23-19(25)11-22-18(24)9-14-5-3-2-4-6-14/h2-8,10,13H,9,11-12H2,1H3,(H,22,24)(H,23,25)/t13-/m0/s1. The molecule has 0 fully saturated rings. The van der Waals surface area contributed by atoms with Crippen LogP contribution in [0.3, 0.4) is 0 Å². The summed E-state index contributed by atoms with van der Waals surface area (Å²) in [5, 5.41) is 5.16. The first-order valence-corrected chi connectivity index (χ1v) is 8.12. The Bertz CT molecular complexity index is 754. The second-order valence-corrected chi connectivity index (χ2v) is 5.79. The molecule has 7 heteroatoms. The second kappa shape index (κ2) is 9.50. The van der Waals surface area contributed by atoms with E-state index >= 15 is 0 Å². The van der Waals surface area contributed by atoms with Gasteiger partial charge in [-0.3, -0.25) is 9.59 Å². The van der Waals surface area contributed by atoms with E-state index in [-0.39, 0.29) is 37.1 Å². The molecule has 1 atom stereocenters. The van der Waals surface area contributed by atoms with E-state index in [4.69, 9.17) is 4.74 Å². The molecule has 0 aliphatic heterocycles. The highest BCUT2D eigenvalue weighted by Gasteiger charge is 2.11. The minimum absolute atomic E-state index is 0.00620. The molecule has 0 saturated carbocycles. The lowest BCUT2D eigenvalue weighted by Crippen LogP contribution is -2.43. The number of carbonyl (C=O) groups excluding carboxylic acids is 2. The van der Waals surface area contributed by atoms with Gasteiger partial charge in [0, 0.05) is 6.07 Å². The van der Waals surface area contributed by atoms with Crippen molar-refractivity contribution in [3.63, 3.8) is 0 Å². The number of hydrogen-bond acceptors (Lipinski definition) is 3. The normalized spacial score (nSPS) is 11.5. The van der Waals surface area contributed by atoms with Gasteiger partial charge >= 0.3 is 0 Å². The zero-order valence-electron chi connectivity index (χ0n) is 14.3. The third-order valence-corrected chi connectivity index (χ3v) is 3.44. The Labute approximate surface area is 150 Å². The Morgan fingerprint density at radius 3 is 2.50 bits per heavy atom. The maximum atomic E-state index is 13.5. The average molecular weight is 362 g/mol. The smallest absolute Gasteiger partial charge is 0.239 e. The monoisotopic (exact) mass is 362 g/mol. The van der Waals surface area contributed by atoms with Crippen LogP contribution in [0.15, 0.2) is 48.5 Å². The number of rotatable bonds is 8. The number of nitrogens with one attached hydrogen (secondary N) is 2. The highest BCUT2D eigenvalue weighted by molar-refractivity contribution is 5.85. The third-order valence-electron chi connectivity index (χ3n) is 3.44. The molecule has 2 rings (SSSR count). The molecule has 0 radical (unpaired) electrons. The summed E-state index contributed by atoms with van der Waals surface area (Å²) >= 11 is 0. The molecule has 0 bridgehead atoms. The van der Waals surface area contributed by atoms with Crippen molar-refractivity contribution in [1.82, 2.24) is 10.6 Å². The first-order valence-electron chi connectivity index (χ1n) is 8.12. The fraction of sp³-hybridized carbons (Fsp3) is 0.263. The fourth-order valence-electron chi connectivity index (χ4n) is 2.20. The minimum atomic E-state index is -0.809. The number of benzene rings is 2. The van der Waals surface area contributed by atoms with Gasteiger partial charge in [-0.2, -0.15) is 0 Å². The molecule has 0 aromatic heterocycles. The van der Waals surface area contributed by atoms with Gasteiger partial charge in [0.05, 0.1) is 19.0 Å². The van der Waals surface area contributed by atoms with Crippen LogP contribution < -0.4 is 15.4 Å². The van der Waals surface area contributed by atoms with Crippen molar-refractivity contribution in [3.8, 4) is 5.75 Å². The number of carbonyl (C=O) groups is 2. The molecule has 0 spiro atoms. The molecule has 2 N–H and O–H groups in total. The van der Waals surface area contributed by atoms with Gasteiger partial charge in [0.15, 0.2) is 11.6 Å². The molecule has 5 nitrogen and oxygen atoms in total. The molecule has 0 unspecified atom stereocenters. The number of halogens is 2. The van der Waals surface area contributed by atoms with Crippen LogP contribution >= 0.6 is 0 Å². The summed E-state index contributed by atoms with van der Waals surface area (Å²) in [6, 6.07) is 11.8. The molecule has 138 valence electrons. The van der Waals surface area contributed by atoms with Crippen LogP contribution in [-0.4, -0.2) is 31.0 Å². The molecule has 26 heavy (non-hydrogen) atoms. The highest BCUT2D eigenvalue weighted by Crippen LogP contribution is 2.17. The summed E-state index contributed by atoms with van der Waals surface area (Å²) in [5.74, 6) is -2.24. The fourth-order valence-corrected chi connectivity index (χ4v) is 2.20. The summed E-state index contributed by atoms with van der Waals surface area (Å²) in [6.07, 6.45) is 0.191. The van der Waals surface area contributed by atoms with Gasteiger partial charge in [0.25, 0.3) is 0 Å². The first-order chi connectivity index (χ1) is 12.4. The molecule has 2 aromatic rings. The van der Waals surface area contributed by atoms with E-state index in [0.717, 1.165) is 17.7 Å². The van der Waals surface area contributed by atoms with Crippen molar-refractivity contribution in [2.24, 2.45) is 0 Å². The predicted molar refractivity (Wildman–Crippen MR) is 92.6 cm³/mol.